The number of aromatic nitrogens is 3. The van der Waals surface area contributed by atoms with Gasteiger partial charge in [0.25, 0.3) is 17.5 Å². The largest absolute Gasteiger partial charge is 0.380 e. The number of fused-ring (bicyclic) bond motifs is 1. The van der Waals surface area contributed by atoms with Crippen molar-refractivity contribution in [2.24, 2.45) is 0 Å². The Labute approximate surface area is 183 Å². The number of amides is 2. The summed E-state index contributed by atoms with van der Waals surface area (Å²) >= 11 is 0. The second kappa shape index (κ2) is 8.77. The van der Waals surface area contributed by atoms with Crippen molar-refractivity contribution in [3.63, 3.8) is 0 Å². The molecule has 3 aromatic rings. The first-order valence-electron chi connectivity index (χ1n) is 10.1. The van der Waals surface area contributed by atoms with Crippen molar-refractivity contribution in [2.45, 2.75) is 38.3 Å². The third-order valence-electron chi connectivity index (χ3n) is 5.53. The summed E-state index contributed by atoms with van der Waals surface area (Å²) in [5.74, 6) is -1.65. The maximum absolute atomic E-state index is 12.6. The highest BCUT2D eigenvalue weighted by molar-refractivity contribution is 5.91. The molecule has 3 atom stereocenters. The maximum Gasteiger partial charge on any atom is 0.258 e. The van der Waals surface area contributed by atoms with Gasteiger partial charge in [-0.2, -0.15) is 5.10 Å². The predicted octanol–water partition coefficient (Wildman–Crippen LogP) is -0.161. The number of aliphatic hydroxyl groups excluding tert-OH is 2. The monoisotopic (exact) mass is 438 g/mol. The minimum Gasteiger partial charge on any atom is -0.380 e. The molecule has 0 saturated carbocycles. The predicted molar refractivity (Wildman–Crippen MR) is 110 cm³/mol. The van der Waals surface area contributed by atoms with Gasteiger partial charge >= 0.3 is 0 Å². The average Bonchev–Trinajstić information content (AvgIpc) is 3.48. The van der Waals surface area contributed by atoms with E-state index in [2.05, 4.69) is 10.4 Å². The molecule has 0 aliphatic carbocycles. The van der Waals surface area contributed by atoms with Crippen LogP contribution in [0.5, 0.6) is 0 Å². The van der Waals surface area contributed by atoms with Gasteiger partial charge in [-0.05, 0) is 36.8 Å². The third kappa shape index (κ3) is 4.18. The van der Waals surface area contributed by atoms with Crippen LogP contribution in [-0.4, -0.2) is 54.1 Å². The van der Waals surface area contributed by atoms with E-state index < -0.39 is 30.1 Å². The van der Waals surface area contributed by atoms with Crippen LogP contribution < -0.4 is 10.0 Å². The summed E-state index contributed by atoms with van der Waals surface area (Å²) in [4.78, 5) is 26.4. The molecule has 0 unspecified atom stereocenters. The molecule has 1 aromatic carbocycles. The number of rotatable bonds is 6. The lowest BCUT2D eigenvalue weighted by Gasteiger charge is -2.23. The lowest BCUT2D eigenvalue weighted by atomic mass is 10.1. The fraction of sp³-hybridized carbons (Fsp3) is 0.273. The Morgan fingerprint density at radius 1 is 1.09 bits per heavy atom. The zero-order chi connectivity index (χ0) is 22.8. The molecule has 10 nitrogen and oxygen atoms in total. The first-order valence-corrected chi connectivity index (χ1v) is 10.1. The van der Waals surface area contributed by atoms with E-state index in [1.54, 1.807) is 29.9 Å². The van der Waals surface area contributed by atoms with Crippen LogP contribution in [0.25, 0.3) is 5.69 Å². The standard InChI is InChI=1S/C22H23N5O5/c1-14(15-5-7-17(8-6-15)26-10-3-9-23-26)24-21(30)19(28)20(29)22(31)25-12-16-4-2-11-27(32)18(16)13-25/h2-11,14,19-20,28-29H,12-13H2,1H3,(H-,24,30,32)/p+1/t14-,19-,20-/m1/s1. The van der Waals surface area contributed by atoms with E-state index in [4.69, 9.17) is 0 Å². The second-order valence-electron chi connectivity index (χ2n) is 7.68. The highest BCUT2D eigenvalue weighted by Gasteiger charge is 2.38. The number of benzene rings is 1. The van der Waals surface area contributed by atoms with E-state index in [1.807, 2.05) is 36.5 Å². The number of hydrogen-bond donors (Lipinski definition) is 4. The van der Waals surface area contributed by atoms with Crippen LogP contribution in [-0.2, 0) is 22.7 Å². The van der Waals surface area contributed by atoms with E-state index in [9.17, 15) is 25.0 Å². The van der Waals surface area contributed by atoms with Gasteiger partial charge in [0.1, 0.15) is 6.54 Å². The van der Waals surface area contributed by atoms with Crippen molar-refractivity contribution in [3.05, 3.63) is 77.9 Å². The highest BCUT2D eigenvalue weighted by atomic mass is 16.5. The van der Waals surface area contributed by atoms with E-state index in [0.717, 1.165) is 21.5 Å². The molecule has 2 amide bonds. The first-order chi connectivity index (χ1) is 15.3. The normalized spacial score (nSPS) is 15.7. The molecule has 0 radical (unpaired) electrons. The molecular weight excluding hydrogens is 414 g/mol. The molecule has 3 heterocycles. The van der Waals surface area contributed by atoms with Gasteiger partial charge in [-0.1, -0.05) is 12.1 Å². The Morgan fingerprint density at radius 3 is 2.50 bits per heavy atom. The molecule has 1 aliphatic rings. The molecule has 1 aliphatic heterocycles. The maximum atomic E-state index is 12.6. The van der Waals surface area contributed by atoms with Crippen molar-refractivity contribution in [1.82, 2.24) is 20.0 Å². The number of carbonyl (C=O) groups is 2. The second-order valence-corrected chi connectivity index (χ2v) is 7.68. The zero-order valence-corrected chi connectivity index (χ0v) is 17.4. The summed E-state index contributed by atoms with van der Waals surface area (Å²) in [6.45, 7) is 1.97. The molecule has 0 saturated heterocycles. The molecule has 0 spiro atoms. The van der Waals surface area contributed by atoms with Crippen LogP contribution in [0.15, 0.2) is 61.1 Å². The number of pyridine rings is 1. The Kier molecular flexibility index (Phi) is 5.89. The molecule has 32 heavy (non-hydrogen) atoms. The van der Waals surface area contributed by atoms with Crippen LogP contribution in [0.4, 0.5) is 0 Å². The van der Waals surface area contributed by atoms with Crippen molar-refractivity contribution in [2.75, 3.05) is 0 Å². The number of nitrogens with one attached hydrogen (secondary N) is 1. The summed E-state index contributed by atoms with van der Waals surface area (Å²) < 4.78 is 2.62. The summed E-state index contributed by atoms with van der Waals surface area (Å²) in [7, 11) is 0. The smallest absolute Gasteiger partial charge is 0.258 e. The molecular formula is C22H24N5O5+. The van der Waals surface area contributed by atoms with E-state index in [1.165, 1.54) is 11.1 Å². The van der Waals surface area contributed by atoms with Gasteiger partial charge in [0.15, 0.2) is 12.2 Å². The average molecular weight is 438 g/mol. The zero-order valence-electron chi connectivity index (χ0n) is 17.4. The molecule has 4 rings (SSSR count). The minimum atomic E-state index is -1.93. The summed E-state index contributed by atoms with van der Waals surface area (Å²) in [6, 6.07) is 12.1. The Bertz CT molecular complexity index is 1120. The Balaban J connectivity index is 1.35. The van der Waals surface area contributed by atoms with Crippen molar-refractivity contribution < 1.29 is 29.7 Å². The van der Waals surface area contributed by atoms with Gasteiger partial charge < -0.3 is 20.4 Å². The lowest BCUT2D eigenvalue weighted by molar-refractivity contribution is -0.909. The topological polar surface area (TPSA) is 132 Å². The highest BCUT2D eigenvalue weighted by Crippen LogP contribution is 2.21. The Hall–Kier alpha value is -3.76. The van der Waals surface area contributed by atoms with Crippen LogP contribution >= 0.6 is 0 Å². The quantitative estimate of drug-likeness (QED) is 0.312. The van der Waals surface area contributed by atoms with Crippen molar-refractivity contribution in [3.8, 4) is 5.69 Å². The van der Waals surface area contributed by atoms with Gasteiger partial charge in [-0.25, -0.2) is 4.68 Å². The van der Waals surface area contributed by atoms with Crippen LogP contribution in [0.1, 0.15) is 29.8 Å². The minimum absolute atomic E-state index is 0.0654. The number of aliphatic hydroxyl groups is 2. The molecule has 166 valence electrons. The van der Waals surface area contributed by atoms with Gasteiger partial charge in [-0.3, -0.25) is 14.8 Å². The number of carbonyl (C=O) groups excluding carboxylic acids is 2. The molecule has 0 bridgehead atoms. The summed E-state index contributed by atoms with van der Waals surface area (Å²) in [6.07, 6.45) is 1.07. The summed E-state index contributed by atoms with van der Waals surface area (Å²) in [5.41, 5.74) is 2.87. The molecule has 2 aromatic heterocycles. The SMILES string of the molecule is C[C@@H](NC(=O)[C@H](O)[C@@H](O)C(=O)N1Cc2ccc[n+](O)c2C1)c1ccc(-n2cccn2)cc1. The van der Waals surface area contributed by atoms with Gasteiger partial charge in [0.05, 0.1) is 18.3 Å². The van der Waals surface area contributed by atoms with Crippen LogP contribution in [0.2, 0.25) is 0 Å². The van der Waals surface area contributed by atoms with Gasteiger partial charge in [0, 0.05) is 28.8 Å². The fourth-order valence-corrected chi connectivity index (χ4v) is 3.67. The van der Waals surface area contributed by atoms with E-state index in [0.29, 0.717) is 5.69 Å². The first kappa shape index (κ1) is 21.5. The fourth-order valence-electron chi connectivity index (χ4n) is 3.67. The van der Waals surface area contributed by atoms with Crippen molar-refractivity contribution >= 4 is 11.8 Å². The lowest BCUT2D eigenvalue weighted by Crippen LogP contribution is -2.50. The van der Waals surface area contributed by atoms with Gasteiger partial charge in [-0.15, -0.1) is 0 Å². The Morgan fingerprint density at radius 2 is 1.84 bits per heavy atom. The van der Waals surface area contributed by atoms with Crippen LogP contribution in [0, 0.1) is 0 Å². The van der Waals surface area contributed by atoms with Crippen LogP contribution in [0.3, 0.4) is 0 Å². The number of nitrogens with zero attached hydrogens (tertiary/aromatic N) is 4. The van der Waals surface area contributed by atoms with Gasteiger partial charge in [0.2, 0.25) is 6.20 Å². The molecule has 4 N–H and O–H groups in total. The van der Waals surface area contributed by atoms with E-state index >= 15 is 0 Å². The number of hydrogen-bond acceptors (Lipinski definition) is 6. The third-order valence-corrected chi connectivity index (χ3v) is 5.53. The van der Waals surface area contributed by atoms with E-state index in [-0.39, 0.29) is 13.1 Å². The molecule has 0 fully saturated rings. The summed E-state index contributed by atoms with van der Waals surface area (Å²) in [5, 5.41) is 37.2. The molecule has 10 heteroatoms. The van der Waals surface area contributed by atoms with Crippen molar-refractivity contribution in [1.29, 1.82) is 0 Å².